The highest BCUT2D eigenvalue weighted by molar-refractivity contribution is 9.10. The molecule has 19 heavy (non-hydrogen) atoms. The average molecular weight is 327 g/mol. The Bertz CT molecular complexity index is 399. The fourth-order valence-corrected chi connectivity index (χ4v) is 3.51. The average Bonchev–Trinajstić information content (AvgIpc) is 2.46. The Morgan fingerprint density at radius 1 is 1.32 bits per heavy atom. The first-order valence-corrected chi connectivity index (χ1v) is 7.87. The van der Waals surface area contributed by atoms with Gasteiger partial charge in [0.1, 0.15) is 0 Å². The van der Waals surface area contributed by atoms with Crippen LogP contribution in [-0.2, 0) is 0 Å². The Hall–Kier alpha value is -0.420. The zero-order valence-electron chi connectivity index (χ0n) is 11.2. The predicted molar refractivity (Wildman–Crippen MR) is 81.9 cm³/mol. The summed E-state index contributed by atoms with van der Waals surface area (Å²) in [5.74, 6) is 0.366. The molecule has 2 rings (SSSR count). The van der Waals surface area contributed by atoms with Crippen LogP contribution < -0.4 is 11.1 Å². The van der Waals surface area contributed by atoms with E-state index in [9.17, 15) is 5.11 Å². The summed E-state index contributed by atoms with van der Waals surface area (Å²) in [5.41, 5.74) is 7.13. The largest absolute Gasteiger partial charge is 0.396 e. The second-order valence-corrected chi connectivity index (χ2v) is 6.16. The number of halogens is 1. The summed E-state index contributed by atoms with van der Waals surface area (Å²) >= 11 is 3.59. The number of nitrogens with two attached hydrogens (primary N) is 1. The lowest BCUT2D eigenvalue weighted by Gasteiger charge is -2.34. The van der Waals surface area contributed by atoms with E-state index in [-0.39, 0.29) is 12.6 Å². The molecule has 3 atom stereocenters. The SMILES string of the molecule is NCC(NC1CCCCC1CO)c1ccccc1Br. The minimum Gasteiger partial charge on any atom is -0.396 e. The second kappa shape index (κ2) is 7.39. The van der Waals surface area contributed by atoms with Gasteiger partial charge in [-0.1, -0.05) is 47.0 Å². The van der Waals surface area contributed by atoms with Crippen molar-refractivity contribution in [3.63, 3.8) is 0 Å². The van der Waals surface area contributed by atoms with Crippen molar-refractivity contribution in [3.05, 3.63) is 34.3 Å². The summed E-state index contributed by atoms with van der Waals surface area (Å²) in [6, 6.07) is 8.72. The lowest BCUT2D eigenvalue weighted by atomic mass is 9.84. The van der Waals surface area contributed by atoms with E-state index in [4.69, 9.17) is 5.73 Å². The van der Waals surface area contributed by atoms with Crippen LogP contribution in [0.15, 0.2) is 28.7 Å². The van der Waals surface area contributed by atoms with E-state index in [1.807, 2.05) is 18.2 Å². The molecule has 3 unspecified atom stereocenters. The van der Waals surface area contributed by atoms with Crippen LogP contribution in [0.4, 0.5) is 0 Å². The maximum atomic E-state index is 9.49. The van der Waals surface area contributed by atoms with Gasteiger partial charge in [0.25, 0.3) is 0 Å². The van der Waals surface area contributed by atoms with Crippen LogP contribution in [0.2, 0.25) is 0 Å². The molecule has 106 valence electrons. The zero-order chi connectivity index (χ0) is 13.7. The topological polar surface area (TPSA) is 58.3 Å². The summed E-state index contributed by atoms with van der Waals surface area (Å²) in [6.07, 6.45) is 4.71. The third-order valence-corrected chi connectivity index (χ3v) is 4.80. The van der Waals surface area contributed by atoms with Crippen molar-refractivity contribution < 1.29 is 5.11 Å². The van der Waals surface area contributed by atoms with Crippen LogP contribution in [-0.4, -0.2) is 24.3 Å². The van der Waals surface area contributed by atoms with Gasteiger partial charge < -0.3 is 16.2 Å². The molecule has 0 aliphatic heterocycles. The number of nitrogens with one attached hydrogen (secondary N) is 1. The molecule has 1 aromatic carbocycles. The molecule has 0 aromatic heterocycles. The van der Waals surface area contributed by atoms with Crippen molar-refractivity contribution in [2.24, 2.45) is 11.7 Å². The molecular formula is C15H23BrN2O. The summed E-state index contributed by atoms with van der Waals surface area (Å²) in [4.78, 5) is 0. The molecule has 1 aliphatic rings. The molecule has 0 radical (unpaired) electrons. The zero-order valence-corrected chi connectivity index (χ0v) is 12.8. The molecule has 1 aromatic rings. The van der Waals surface area contributed by atoms with Crippen LogP contribution >= 0.6 is 15.9 Å². The van der Waals surface area contributed by atoms with E-state index in [0.29, 0.717) is 18.5 Å². The van der Waals surface area contributed by atoms with Gasteiger partial charge in [0.2, 0.25) is 0 Å². The third-order valence-electron chi connectivity index (χ3n) is 4.08. The monoisotopic (exact) mass is 326 g/mol. The Kier molecular flexibility index (Phi) is 5.82. The predicted octanol–water partition coefficient (Wildman–Crippen LogP) is 2.59. The van der Waals surface area contributed by atoms with Gasteiger partial charge in [-0.2, -0.15) is 0 Å². The number of rotatable bonds is 5. The van der Waals surface area contributed by atoms with Gasteiger partial charge in [-0.15, -0.1) is 0 Å². The lowest BCUT2D eigenvalue weighted by molar-refractivity contribution is 0.146. The molecule has 3 nitrogen and oxygen atoms in total. The maximum Gasteiger partial charge on any atom is 0.0474 e. The molecule has 0 spiro atoms. The molecule has 0 amide bonds. The second-order valence-electron chi connectivity index (χ2n) is 5.31. The molecular weight excluding hydrogens is 304 g/mol. The van der Waals surface area contributed by atoms with Gasteiger partial charge in [-0.3, -0.25) is 0 Å². The first-order valence-electron chi connectivity index (χ1n) is 7.07. The van der Waals surface area contributed by atoms with Crippen molar-refractivity contribution in [1.82, 2.24) is 5.32 Å². The van der Waals surface area contributed by atoms with Crippen molar-refractivity contribution in [2.75, 3.05) is 13.2 Å². The van der Waals surface area contributed by atoms with Crippen molar-refractivity contribution in [3.8, 4) is 0 Å². The van der Waals surface area contributed by atoms with E-state index >= 15 is 0 Å². The summed E-state index contributed by atoms with van der Waals surface area (Å²) < 4.78 is 1.09. The van der Waals surface area contributed by atoms with Gasteiger partial charge in [0.15, 0.2) is 0 Å². The van der Waals surface area contributed by atoms with Crippen LogP contribution in [0.25, 0.3) is 0 Å². The molecule has 4 heteroatoms. The number of benzene rings is 1. The van der Waals surface area contributed by atoms with E-state index in [1.54, 1.807) is 0 Å². The molecule has 4 N–H and O–H groups in total. The fraction of sp³-hybridized carbons (Fsp3) is 0.600. The summed E-state index contributed by atoms with van der Waals surface area (Å²) in [6.45, 7) is 0.835. The van der Waals surface area contributed by atoms with E-state index in [0.717, 1.165) is 17.3 Å². The van der Waals surface area contributed by atoms with E-state index in [1.165, 1.54) is 18.4 Å². The van der Waals surface area contributed by atoms with Crippen LogP contribution in [0.1, 0.15) is 37.3 Å². The normalized spacial score (nSPS) is 25.2. The van der Waals surface area contributed by atoms with Crippen molar-refractivity contribution in [1.29, 1.82) is 0 Å². The van der Waals surface area contributed by atoms with Gasteiger partial charge in [0.05, 0.1) is 0 Å². The maximum absolute atomic E-state index is 9.49. The quantitative estimate of drug-likeness (QED) is 0.779. The van der Waals surface area contributed by atoms with Gasteiger partial charge >= 0.3 is 0 Å². The Balaban J connectivity index is 2.08. The lowest BCUT2D eigenvalue weighted by Crippen LogP contribution is -2.44. The highest BCUT2D eigenvalue weighted by Crippen LogP contribution is 2.28. The highest BCUT2D eigenvalue weighted by atomic mass is 79.9. The Labute approximate surface area is 123 Å². The molecule has 1 saturated carbocycles. The Morgan fingerprint density at radius 3 is 2.74 bits per heavy atom. The van der Waals surface area contributed by atoms with Gasteiger partial charge in [-0.25, -0.2) is 0 Å². The summed E-state index contributed by atoms with van der Waals surface area (Å²) in [7, 11) is 0. The van der Waals surface area contributed by atoms with E-state index < -0.39 is 0 Å². The fourth-order valence-electron chi connectivity index (χ4n) is 2.95. The number of aliphatic hydroxyl groups excluding tert-OH is 1. The molecule has 1 fully saturated rings. The van der Waals surface area contributed by atoms with Crippen molar-refractivity contribution in [2.45, 2.75) is 37.8 Å². The van der Waals surface area contributed by atoms with Gasteiger partial charge in [0, 0.05) is 29.7 Å². The molecule has 0 heterocycles. The standard InChI is InChI=1S/C15H23BrN2O/c16-13-7-3-2-6-12(13)15(9-17)18-14-8-4-1-5-11(14)10-19/h2-3,6-7,11,14-15,18-19H,1,4-5,8-10,17H2. The summed E-state index contributed by atoms with van der Waals surface area (Å²) in [5, 5.41) is 13.1. The first-order chi connectivity index (χ1) is 9.26. The first kappa shape index (κ1) is 15.0. The van der Waals surface area contributed by atoms with Crippen molar-refractivity contribution >= 4 is 15.9 Å². The minimum absolute atomic E-state index is 0.146. The smallest absolute Gasteiger partial charge is 0.0474 e. The molecule has 0 bridgehead atoms. The number of aliphatic hydroxyl groups is 1. The number of hydrogen-bond acceptors (Lipinski definition) is 3. The molecule has 1 aliphatic carbocycles. The van der Waals surface area contributed by atoms with Crippen LogP contribution in [0.5, 0.6) is 0 Å². The van der Waals surface area contributed by atoms with Crippen LogP contribution in [0.3, 0.4) is 0 Å². The van der Waals surface area contributed by atoms with E-state index in [2.05, 4.69) is 27.3 Å². The number of hydrogen-bond donors (Lipinski definition) is 3. The minimum atomic E-state index is 0.146. The highest BCUT2D eigenvalue weighted by Gasteiger charge is 2.27. The van der Waals surface area contributed by atoms with Gasteiger partial charge in [-0.05, 0) is 30.4 Å². The Morgan fingerprint density at radius 2 is 2.05 bits per heavy atom. The third kappa shape index (κ3) is 3.78. The van der Waals surface area contributed by atoms with Crippen LogP contribution in [0, 0.1) is 5.92 Å². The molecule has 0 saturated heterocycles.